The molecule has 1 saturated carbocycles. The number of likely N-dealkylation sites (tertiary alicyclic amines) is 1. The normalized spacial score (nSPS) is 24.9. The first kappa shape index (κ1) is 27.5. The van der Waals surface area contributed by atoms with E-state index in [1.807, 2.05) is 37.3 Å². The first-order chi connectivity index (χ1) is 19.1. The molecule has 5 atom stereocenters. The minimum atomic E-state index is -1.13. The molecule has 208 valence electrons. The van der Waals surface area contributed by atoms with Gasteiger partial charge >= 0.3 is 0 Å². The summed E-state index contributed by atoms with van der Waals surface area (Å²) in [7, 11) is 1.60. The van der Waals surface area contributed by atoms with Crippen LogP contribution in [0.15, 0.2) is 55.3 Å². The second-order valence-electron chi connectivity index (χ2n) is 11.5. The number of nitrogens with zero attached hydrogens (tertiary/aromatic N) is 2. The summed E-state index contributed by atoms with van der Waals surface area (Å²) in [5.41, 5.74) is 17.5. The van der Waals surface area contributed by atoms with Crippen LogP contribution in [0.2, 0.25) is 0 Å². The molecule has 8 heteroatoms. The van der Waals surface area contributed by atoms with Crippen molar-refractivity contribution in [1.82, 2.24) is 15.5 Å². The lowest BCUT2D eigenvalue weighted by molar-refractivity contribution is -0.122. The van der Waals surface area contributed by atoms with E-state index in [4.69, 9.17) is 11.5 Å². The van der Waals surface area contributed by atoms with Crippen molar-refractivity contribution in [3.63, 3.8) is 0 Å². The van der Waals surface area contributed by atoms with Crippen molar-refractivity contribution in [2.45, 2.75) is 62.6 Å². The van der Waals surface area contributed by atoms with E-state index in [0.29, 0.717) is 49.0 Å². The highest BCUT2D eigenvalue weighted by Crippen LogP contribution is 2.49. The number of rotatable bonds is 9. The van der Waals surface area contributed by atoms with Crippen LogP contribution in [0, 0.1) is 17.2 Å². The zero-order valence-corrected chi connectivity index (χ0v) is 23.3. The zero-order chi connectivity index (χ0) is 28.8. The molecule has 1 saturated heterocycles. The number of amides is 2. The first-order valence-corrected chi connectivity index (χ1v) is 13.9. The highest BCUT2D eigenvalue weighted by molar-refractivity contribution is 5.96. The van der Waals surface area contributed by atoms with Crippen molar-refractivity contribution in [1.29, 1.82) is 5.26 Å². The summed E-state index contributed by atoms with van der Waals surface area (Å²) in [5.74, 6) is -0.0218. The Hall–Kier alpha value is -4.09. The smallest absolute Gasteiger partial charge is 0.251 e. The van der Waals surface area contributed by atoms with Gasteiger partial charge in [0.05, 0.1) is 6.07 Å². The van der Waals surface area contributed by atoms with Crippen LogP contribution in [0.1, 0.15) is 64.4 Å². The minimum absolute atomic E-state index is 0.119. The maximum atomic E-state index is 13.7. The predicted octanol–water partition coefficient (Wildman–Crippen LogP) is 2.71. The number of primary amides is 1. The van der Waals surface area contributed by atoms with Gasteiger partial charge in [0.25, 0.3) is 5.91 Å². The molecule has 2 amide bonds. The van der Waals surface area contributed by atoms with E-state index in [0.717, 1.165) is 46.4 Å². The fourth-order valence-electron chi connectivity index (χ4n) is 6.86. The molecular weight excluding hydrogens is 500 g/mol. The van der Waals surface area contributed by atoms with Crippen molar-refractivity contribution in [3.05, 3.63) is 88.6 Å². The van der Waals surface area contributed by atoms with Gasteiger partial charge in [0.15, 0.2) is 0 Å². The number of hydrogen-bond acceptors (Lipinski definition) is 6. The van der Waals surface area contributed by atoms with Crippen LogP contribution in [0.3, 0.4) is 0 Å². The quantitative estimate of drug-likeness (QED) is 0.387. The molecule has 2 aromatic rings. The van der Waals surface area contributed by atoms with E-state index >= 15 is 0 Å². The van der Waals surface area contributed by atoms with Gasteiger partial charge in [-0.15, -0.1) is 0 Å². The monoisotopic (exact) mass is 538 g/mol. The van der Waals surface area contributed by atoms with E-state index < -0.39 is 11.3 Å². The molecule has 2 fully saturated rings. The molecule has 2 aromatic carbocycles. The first-order valence-electron chi connectivity index (χ1n) is 13.9. The number of hydrogen-bond donors (Lipinski definition) is 4. The molecule has 0 spiro atoms. The molecule has 1 heterocycles. The van der Waals surface area contributed by atoms with Crippen LogP contribution in [0.5, 0.6) is 0 Å². The molecule has 0 bridgehead atoms. The predicted molar refractivity (Wildman–Crippen MR) is 156 cm³/mol. The number of nitrogens with two attached hydrogens (primary N) is 2. The molecule has 2 aliphatic carbocycles. The Bertz CT molecular complexity index is 1440. The van der Waals surface area contributed by atoms with Crippen LogP contribution in [-0.2, 0) is 23.1 Å². The van der Waals surface area contributed by atoms with Gasteiger partial charge in [-0.05, 0) is 91.0 Å². The van der Waals surface area contributed by atoms with Crippen LogP contribution in [-0.4, -0.2) is 48.4 Å². The van der Waals surface area contributed by atoms with E-state index in [-0.39, 0.29) is 18.0 Å². The molecule has 1 aliphatic heterocycles. The summed E-state index contributed by atoms with van der Waals surface area (Å²) in [5, 5.41) is 15.9. The number of benzene rings is 2. The zero-order valence-electron chi connectivity index (χ0n) is 23.3. The van der Waals surface area contributed by atoms with Crippen molar-refractivity contribution >= 4 is 17.5 Å². The third-order valence-corrected chi connectivity index (χ3v) is 8.96. The Labute approximate surface area is 236 Å². The fraction of sp³-hybridized carbons (Fsp3) is 0.406. The average molecular weight is 539 g/mol. The number of nitrogens with one attached hydrogen (secondary N) is 2. The minimum Gasteiger partial charge on any atom is -0.399 e. The lowest BCUT2D eigenvalue weighted by Gasteiger charge is -2.36. The van der Waals surface area contributed by atoms with Gasteiger partial charge < -0.3 is 27.0 Å². The Morgan fingerprint density at radius 2 is 1.73 bits per heavy atom. The van der Waals surface area contributed by atoms with Gasteiger partial charge in [-0.25, -0.2) is 0 Å². The molecule has 0 aromatic heterocycles. The third kappa shape index (κ3) is 4.65. The number of nitriles is 1. The number of carbonyl (C=O) groups excluding carboxylic acids is 2. The Balaban J connectivity index is 1.50. The Morgan fingerprint density at radius 3 is 2.30 bits per heavy atom. The van der Waals surface area contributed by atoms with Crippen molar-refractivity contribution in [3.8, 4) is 6.07 Å². The van der Waals surface area contributed by atoms with Crippen molar-refractivity contribution in [2.75, 3.05) is 13.6 Å². The van der Waals surface area contributed by atoms with Gasteiger partial charge in [0.1, 0.15) is 11.5 Å². The topological polar surface area (TPSA) is 137 Å². The van der Waals surface area contributed by atoms with Crippen molar-refractivity contribution in [2.24, 2.45) is 17.4 Å². The molecule has 8 nitrogen and oxygen atoms in total. The SMILES string of the molecule is C=C(N)c1ccc2c(c1)CCc1cc(C(=O)NC)ccc1C2(C[C@H](C)NCC(=C)N1C(C#N)C[C@@H]2C[C@@H]21)C(N)=O. The van der Waals surface area contributed by atoms with E-state index in [1.165, 1.54) is 0 Å². The van der Waals surface area contributed by atoms with Crippen LogP contribution < -0.4 is 22.1 Å². The summed E-state index contributed by atoms with van der Waals surface area (Å²) in [4.78, 5) is 28.3. The summed E-state index contributed by atoms with van der Waals surface area (Å²) in [6.07, 6.45) is 3.75. The van der Waals surface area contributed by atoms with E-state index in [1.54, 1.807) is 13.1 Å². The Morgan fingerprint density at radius 1 is 1.10 bits per heavy atom. The lowest BCUT2D eigenvalue weighted by Crippen LogP contribution is -2.48. The van der Waals surface area contributed by atoms with Crippen LogP contribution in [0.25, 0.3) is 5.70 Å². The molecule has 0 radical (unpaired) electrons. The summed E-state index contributed by atoms with van der Waals surface area (Å²) in [6, 6.07) is 14.0. The third-order valence-electron chi connectivity index (χ3n) is 8.96. The van der Waals surface area contributed by atoms with Crippen molar-refractivity contribution < 1.29 is 9.59 Å². The molecule has 6 N–H and O–H groups in total. The van der Waals surface area contributed by atoms with Crippen LogP contribution in [0.4, 0.5) is 0 Å². The number of fused-ring (bicyclic) bond motifs is 3. The van der Waals surface area contributed by atoms with Gasteiger partial charge in [-0.2, -0.15) is 5.26 Å². The largest absolute Gasteiger partial charge is 0.399 e. The van der Waals surface area contributed by atoms with Gasteiger partial charge in [-0.1, -0.05) is 31.4 Å². The highest BCUT2D eigenvalue weighted by Gasteiger charge is 2.52. The number of piperidine rings is 1. The summed E-state index contributed by atoms with van der Waals surface area (Å²) in [6.45, 7) is 10.7. The Kier molecular flexibility index (Phi) is 7.19. The maximum Gasteiger partial charge on any atom is 0.251 e. The molecule has 3 aliphatic rings. The maximum absolute atomic E-state index is 13.7. The van der Waals surface area contributed by atoms with E-state index in [9.17, 15) is 14.9 Å². The molecular formula is C32H38N6O2. The summed E-state index contributed by atoms with van der Waals surface area (Å²) < 4.78 is 0. The second-order valence-corrected chi connectivity index (χ2v) is 11.5. The van der Waals surface area contributed by atoms with Crippen LogP contribution >= 0.6 is 0 Å². The van der Waals surface area contributed by atoms with E-state index in [2.05, 4.69) is 34.8 Å². The highest BCUT2D eigenvalue weighted by atomic mass is 16.2. The lowest BCUT2D eigenvalue weighted by atomic mass is 9.68. The molecule has 2 unspecified atom stereocenters. The number of carbonyl (C=O) groups is 2. The molecule has 5 rings (SSSR count). The van der Waals surface area contributed by atoms with Gasteiger partial charge in [0.2, 0.25) is 5.91 Å². The second kappa shape index (κ2) is 10.5. The van der Waals surface area contributed by atoms with Gasteiger partial charge in [-0.3, -0.25) is 9.59 Å². The molecule has 40 heavy (non-hydrogen) atoms. The standard InChI is InChI=1S/C32H38N6O2/c1-18(37-17-19(2)38-26(16-33)13-25-14-29(25)38)15-32(31(35)40)27-9-7-21(20(3)34)11-22(27)5-6-23-12-24(30(39)36-4)8-10-28(23)32/h7-12,18,25-26,29,37H,2-3,5-6,13-15,17,34H2,1,4H3,(H2,35,40)(H,36,39)/t18-,25+,26?,29-,32?/m0/s1. The summed E-state index contributed by atoms with van der Waals surface area (Å²) >= 11 is 0. The van der Waals surface area contributed by atoms with Gasteiger partial charge in [0, 0.05) is 42.6 Å². The fourth-order valence-corrected chi connectivity index (χ4v) is 6.86. The number of aryl methyl sites for hydroxylation is 2. The average Bonchev–Trinajstić information content (AvgIpc) is 3.64.